The summed E-state index contributed by atoms with van der Waals surface area (Å²) in [7, 11) is 0. The SMILES string of the molecule is O=C(O)CN(CC(=O)O)c1ncc(Cl)cc1[N+](=O)[O-]. The highest BCUT2D eigenvalue weighted by Gasteiger charge is 2.25. The second-order valence-corrected chi connectivity index (χ2v) is 3.83. The molecule has 0 fully saturated rings. The van der Waals surface area contributed by atoms with Gasteiger partial charge in [-0.15, -0.1) is 0 Å². The summed E-state index contributed by atoms with van der Waals surface area (Å²) in [6, 6.07) is 0.973. The second-order valence-electron chi connectivity index (χ2n) is 3.40. The van der Waals surface area contributed by atoms with Gasteiger partial charge < -0.3 is 15.1 Å². The van der Waals surface area contributed by atoms with Crippen molar-refractivity contribution in [2.24, 2.45) is 0 Å². The number of hydrogen-bond donors (Lipinski definition) is 2. The van der Waals surface area contributed by atoms with Gasteiger partial charge in [0.2, 0.25) is 5.82 Å². The lowest BCUT2D eigenvalue weighted by Gasteiger charge is -2.18. The third kappa shape index (κ3) is 4.07. The number of carbonyl (C=O) groups is 2. The Kier molecular flexibility index (Phi) is 4.59. The van der Waals surface area contributed by atoms with E-state index in [2.05, 4.69) is 4.98 Å². The van der Waals surface area contributed by atoms with Crippen molar-refractivity contribution in [1.29, 1.82) is 0 Å². The lowest BCUT2D eigenvalue weighted by atomic mass is 10.3. The summed E-state index contributed by atoms with van der Waals surface area (Å²) in [5.74, 6) is -3.04. The first kappa shape index (κ1) is 14.6. The molecule has 0 unspecified atom stereocenters. The standard InChI is InChI=1S/C9H8ClN3O6/c10-5-1-6(13(18)19)9(11-2-5)12(3-7(14)15)4-8(16)17/h1-2H,3-4H2,(H,14,15)(H,16,17). The number of anilines is 1. The number of aromatic nitrogens is 1. The predicted octanol–water partition coefficient (Wildman–Crippen LogP) is 0.619. The second kappa shape index (κ2) is 5.96. The van der Waals surface area contributed by atoms with E-state index in [-0.39, 0.29) is 10.8 Å². The quantitative estimate of drug-likeness (QED) is 0.575. The third-order valence-corrected chi connectivity index (χ3v) is 2.17. The summed E-state index contributed by atoms with van der Waals surface area (Å²) in [6.45, 7) is -1.47. The number of hydrogen-bond acceptors (Lipinski definition) is 6. The number of halogens is 1. The Hall–Kier alpha value is -2.42. The molecule has 0 aliphatic rings. The molecule has 0 aliphatic carbocycles. The third-order valence-electron chi connectivity index (χ3n) is 1.96. The van der Waals surface area contributed by atoms with Gasteiger partial charge in [0.25, 0.3) is 0 Å². The molecule has 0 spiro atoms. The smallest absolute Gasteiger partial charge is 0.323 e. The topological polar surface area (TPSA) is 134 Å². The normalized spacial score (nSPS) is 9.95. The van der Waals surface area contributed by atoms with Gasteiger partial charge in [-0.3, -0.25) is 19.7 Å². The van der Waals surface area contributed by atoms with Gasteiger partial charge >= 0.3 is 17.6 Å². The van der Waals surface area contributed by atoms with E-state index in [4.69, 9.17) is 21.8 Å². The summed E-state index contributed by atoms with van der Waals surface area (Å²) < 4.78 is 0. The minimum Gasteiger partial charge on any atom is -0.480 e. The van der Waals surface area contributed by atoms with Crippen molar-refractivity contribution in [2.75, 3.05) is 18.0 Å². The van der Waals surface area contributed by atoms with E-state index >= 15 is 0 Å². The number of rotatable bonds is 6. The molecule has 1 aromatic heterocycles. The molecule has 0 aliphatic heterocycles. The minimum atomic E-state index is -1.34. The molecular weight excluding hydrogens is 282 g/mol. The van der Waals surface area contributed by atoms with Crippen molar-refractivity contribution in [1.82, 2.24) is 4.98 Å². The molecule has 0 atom stereocenters. The van der Waals surface area contributed by atoms with Crippen LogP contribution in [0.1, 0.15) is 0 Å². The van der Waals surface area contributed by atoms with E-state index in [0.29, 0.717) is 0 Å². The minimum absolute atomic E-state index is 0.0129. The van der Waals surface area contributed by atoms with Crippen LogP contribution in [0.4, 0.5) is 11.5 Å². The van der Waals surface area contributed by atoms with E-state index in [0.717, 1.165) is 17.2 Å². The number of pyridine rings is 1. The van der Waals surface area contributed by atoms with E-state index in [1.54, 1.807) is 0 Å². The van der Waals surface area contributed by atoms with Crippen LogP contribution in [-0.2, 0) is 9.59 Å². The van der Waals surface area contributed by atoms with E-state index < -0.39 is 35.6 Å². The Morgan fingerprint density at radius 3 is 2.32 bits per heavy atom. The molecule has 2 N–H and O–H groups in total. The van der Waals surface area contributed by atoms with Crippen LogP contribution in [0.5, 0.6) is 0 Å². The van der Waals surface area contributed by atoms with E-state index in [1.807, 2.05) is 0 Å². The van der Waals surface area contributed by atoms with Gasteiger partial charge in [-0.05, 0) is 0 Å². The molecule has 9 nitrogen and oxygen atoms in total. The molecule has 102 valence electrons. The van der Waals surface area contributed by atoms with Crippen molar-refractivity contribution in [2.45, 2.75) is 0 Å². The van der Waals surface area contributed by atoms with Gasteiger partial charge in [0.15, 0.2) is 0 Å². The van der Waals surface area contributed by atoms with E-state index in [1.165, 1.54) is 0 Å². The lowest BCUT2D eigenvalue weighted by molar-refractivity contribution is -0.384. The van der Waals surface area contributed by atoms with Crippen molar-refractivity contribution in [3.8, 4) is 0 Å². The summed E-state index contributed by atoms with van der Waals surface area (Å²) in [5, 5.41) is 28.2. The summed E-state index contributed by atoms with van der Waals surface area (Å²) in [6.07, 6.45) is 1.07. The summed E-state index contributed by atoms with van der Waals surface area (Å²) in [4.78, 5) is 35.7. The molecule has 1 heterocycles. The van der Waals surface area contributed by atoms with Gasteiger partial charge in [-0.1, -0.05) is 11.6 Å². The zero-order valence-corrected chi connectivity index (χ0v) is 10.1. The van der Waals surface area contributed by atoms with Crippen molar-refractivity contribution >= 4 is 35.0 Å². The average molecular weight is 290 g/mol. The fourth-order valence-corrected chi connectivity index (χ4v) is 1.48. The Morgan fingerprint density at radius 2 is 1.89 bits per heavy atom. The monoisotopic (exact) mass is 289 g/mol. The lowest BCUT2D eigenvalue weighted by Crippen LogP contribution is -2.35. The maximum atomic E-state index is 10.8. The summed E-state index contributed by atoms with van der Waals surface area (Å²) >= 11 is 5.56. The largest absolute Gasteiger partial charge is 0.480 e. The Morgan fingerprint density at radius 1 is 1.37 bits per heavy atom. The molecule has 10 heteroatoms. The molecule has 0 saturated carbocycles. The fraction of sp³-hybridized carbons (Fsp3) is 0.222. The van der Waals surface area contributed by atoms with Crippen LogP contribution in [0.25, 0.3) is 0 Å². The first-order valence-corrected chi connectivity index (χ1v) is 5.17. The summed E-state index contributed by atoms with van der Waals surface area (Å²) in [5.41, 5.74) is -0.560. The van der Waals surface area contributed by atoms with Gasteiger partial charge in [0.1, 0.15) is 13.1 Å². The Labute approximate surface area is 111 Å². The fourth-order valence-electron chi connectivity index (χ4n) is 1.33. The Bertz CT molecular complexity index is 519. The van der Waals surface area contributed by atoms with Gasteiger partial charge in [0, 0.05) is 12.3 Å². The number of carboxylic acid groups (broad SMARTS) is 2. The maximum absolute atomic E-state index is 10.8. The first-order chi connectivity index (χ1) is 8.81. The van der Waals surface area contributed by atoms with Crippen LogP contribution in [0, 0.1) is 10.1 Å². The van der Waals surface area contributed by atoms with Crippen LogP contribution in [0.2, 0.25) is 5.02 Å². The molecule has 19 heavy (non-hydrogen) atoms. The van der Waals surface area contributed by atoms with E-state index in [9.17, 15) is 19.7 Å². The maximum Gasteiger partial charge on any atom is 0.323 e. The number of nitro groups is 1. The molecule has 0 radical (unpaired) electrons. The van der Waals surface area contributed by atoms with Crippen LogP contribution < -0.4 is 4.90 Å². The highest BCUT2D eigenvalue weighted by atomic mass is 35.5. The van der Waals surface area contributed by atoms with Gasteiger partial charge in [-0.25, -0.2) is 4.98 Å². The zero-order chi connectivity index (χ0) is 14.6. The molecule has 0 amide bonds. The van der Waals surface area contributed by atoms with Crippen molar-refractivity contribution in [3.63, 3.8) is 0 Å². The van der Waals surface area contributed by atoms with Gasteiger partial charge in [0.05, 0.1) is 9.95 Å². The molecule has 0 saturated heterocycles. The molecule has 0 aromatic carbocycles. The number of carboxylic acids is 2. The Balaban J connectivity index is 3.24. The van der Waals surface area contributed by atoms with Crippen LogP contribution in [0.3, 0.4) is 0 Å². The van der Waals surface area contributed by atoms with Crippen molar-refractivity contribution in [3.05, 3.63) is 27.4 Å². The molecule has 1 aromatic rings. The predicted molar refractivity (Wildman–Crippen MR) is 63.4 cm³/mol. The number of nitrogens with zero attached hydrogens (tertiary/aromatic N) is 3. The van der Waals surface area contributed by atoms with Crippen LogP contribution >= 0.6 is 11.6 Å². The first-order valence-electron chi connectivity index (χ1n) is 4.79. The highest BCUT2D eigenvalue weighted by Crippen LogP contribution is 2.28. The average Bonchev–Trinajstić information content (AvgIpc) is 2.26. The van der Waals surface area contributed by atoms with Crippen LogP contribution in [0.15, 0.2) is 12.3 Å². The molecule has 0 bridgehead atoms. The zero-order valence-electron chi connectivity index (χ0n) is 9.32. The molecule has 1 rings (SSSR count). The van der Waals surface area contributed by atoms with Crippen molar-refractivity contribution < 1.29 is 24.7 Å². The number of aliphatic carboxylic acids is 2. The highest BCUT2D eigenvalue weighted by molar-refractivity contribution is 6.30. The van der Waals surface area contributed by atoms with Gasteiger partial charge in [-0.2, -0.15) is 0 Å². The van der Waals surface area contributed by atoms with Crippen LogP contribution in [-0.4, -0.2) is 45.1 Å². The molecular formula is C9H8ClN3O6.